The standard InChI is InChI=1S/C18H21NO/c1-13(2)18(20)19(4)17-11-9-16(10-12-17)15-7-5-14(3)6-8-15/h5-13H,1-4H3. The molecule has 2 heteroatoms. The number of hydrogen-bond donors (Lipinski definition) is 0. The molecule has 0 aliphatic rings. The van der Waals surface area contributed by atoms with Crippen molar-refractivity contribution in [1.82, 2.24) is 0 Å². The quantitative estimate of drug-likeness (QED) is 0.812. The molecule has 0 atom stereocenters. The fourth-order valence-electron chi connectivity index (χ4n) is 2.14. The van der Waals surface area contributed by atoms with E-state index in [-0.39, 0.29) is 11.8 Å². The van der Waals surface area contributed by atoms with E-state index in [1.807, 2.05) is 33.0 Å². The lowest BCUT2D eigenvalue weighted by atomic mass is 10.0. The first-order valence-corrected chi connectivity index (χ1v) is 6.93. The Morgan fingerprint density at radius 3 is 1.80 bits per heavy atom. The van der Waals surface area contributed by atoms with Crippen molar-refractivity contribution in [3.05, 3.63) is 54.1 Å². The summed E-state index contributed by atoms with van der Waals surface area (Å²) in [7, 11) is 1.82. The summed E-state index contributed by atoms with van der Waals surface area (Å²) in [4.78, 5) is 13.7. The van der Waals surface area contributed by atoms with Crippen molar-refractivity contribution in [2.45, 2.75) is 20.8 Å². The Morgan fingerprint density at radius 1 is 0.900 bits per heavy atom. The van der Waals surface area contributed by atoms with E-state index < -0.39 is 0 Å². The molecule has 0 bridgehead atoms. The molecule has 20 heavy (non-hydrogen) atoms. The van der Waals surface area contributed by atoms with E-state index in [1.165, 1.54) is 16.7 Å². The van der Waals surface area contributed by atoms with Crippen molar-refractivity contribution in [2.24, 2.45) is 5.92 Å². The zero-order valence-electron chi connectivity index (χ0n) is 12.6. The number of benzene rings is 2. The van der Waals surface area contributed by atoms with Gasteiger partial charge in [-0.25, -0.2) is 0 Å². The van der Waals surface area contributed by atoms with Crippen molar-refractivity contribution < 1.29 is 4.79 Å². The van der Waals surface area contributed by atoms with Crippen molar-refractivity contribution >= 4 is 11.6 Å². The summed E-state index contributed by atoms with van der Waals surface area (Å²) in [6.45, 7) is 5.92. The van der Waals surface area contributed by atoms with Gasteiger partial charge in [-0.1, -0.05) is 55.8 Å². The van der Waals surface area contributed by atoms with Crippen molar-refractivity contribution in [2.75, 3.05) is 11.9 Å². The number of hydrogen-bond acceptors (Lipinski definition) is 1. The predicted octanol–water partition coefficient (Wildman–Crippen LogP) is 4.28. The lowest BCUT2D eigenvalue weighted by Gasteiger charge is -2.19. The Kier molecular flexibility index (Phi) is 4.23. The second kappa shape index (κ2) is 5.91. The van der Waals surface area contributed by atoms with Crippen LogP contribution in [0.15, 0.2) is 48.5 Å². The fraction of sp³-hybridized carbons (Fsp3) is 0.278. The van der Waals surface area contributed by atoms with Gasteiger partial charge in [-0.15, -0.1) is 0 Å². The van der Waals surface area contributed by atoms with Crippen LogP contribution in [-0.2, 0) is 4.79 Å². The molecule has 0 saturated carbocycles. The molecule has 2 nitrogen and oxygen atoms in total. The zero-order chi connectivity index (χ0) is 14.7. The minimum absolute atomic E-state index is 0.0109. The van der Waals surface area contributed by atoms with Gasteiger partial charge in [0, 0.05) is 18.7 Å². The minimum Gasteiger partial charge on any atom is -0.315 e. The smallest absolute Gasteiger partial charge is 0.229 e. The number of carbonyl (C=O) groups excluding carboxylic acids is 1. The topological polar surface area (TPSA) is 20.3 Å². The van der Waals surface area contributed by atoms with E-state index in [4.69, 9.17) is 0 Å². The average molecular weight is 267 g/mol. The normalized spacial score (nSPS) is 10.7. The largest absolute Gasteiger partial charge is 0.315 e. The molecule has 0 aliphatic carbocycles. The highest BCUT2D eigenvalue weighted by molar-refractivity contribution is 5.94. The lowest BCUT2D eigenvalue weighted by molar-refractivity contribution is -0.121. The van der Waals surface area contributed by atoms with E-state index in [1.54, 1.807) is 4.90 Å². The number of aryl methyl sites for hydroxylation is 1. The maximum absolute atomic E-state index is 12.0. The number of amides is 1. The highest BCUT2D eigenvalue weighted by Gasteiger charge is 2.14. The SMILES string of the molecule is Cc1ccc(-c2ccc(N(C)C(=O)C(C)C)cc2)cc1. The number of nitrogens with zero attached hydrogens (tertiary/aromatic N) is 1. The van der Waals surface area contributed by atoms with Crippen LogP contribution in [0.25, 0.3) is 11.1 Å². The molecule has 2 aromatic carbocycles. The Hall–Kier alpha value is -2.09. The van der Waals surface area contributed by atoms with Crippen molar-refractivity contribution in [3.63, 3.8) is 0 Å². The van der Waals surface area contributed by atoms with Crippen LogP contribution in [0.2, 0.25) is 0 Å². The van der Waals surface area contributed by atoms with Gasteiger partial charge in [0.2, 0.25) is 5.91 Å². The Morgan fingerprint density at radius 2 is 1.35 bits per heavy atom. The number of rotatable bonds is 3. The third-order valence-corrected chi connectivity index (χ3v) is 3.46. The second-order valence-electron chi connectivity index (χ2n) is 5.46. The Bertz CT molecular complexity index is 582. The van der Waals surface area contributed by atoms with Gasteiger partial charge >= 0.3 is 0 Å². The maximum Gasteiger partial charge on any atom is 0.229 e. The molecule has 0 aliphatic heterocycles. The first-order chi connectivity index (χ1) is 9.49. The highest BCUT2D eigenvalue weighted by atomic mass is 16.2. The molecular formula is C18H21NO. The lowest BCUT2D eigenvalue weighted by Crippen LogP contribution is -2.30. The van der Waals surface area contributed by atoms with Gasteiger partial charge < -0.3 is 4.90 Å². The third kappa shape index (κ3) is 3.08. The molecule has 2 aromatic rings. The first-order valence-electron chi connectivity index (χ1n) is 6.93. The van der Waals surface area contributed by atoms with Gasteiger partial charge in [-0.2, -0.15) is 0 Å². The van der Waals surface area contributed by atoms with E-state index in [9.17, 15) is 4.79 Å². The number of anilines is 1. The van der Waals surface area contributed by atoms with Gasteiger partial charge in [0.05, 0.1) is 0 Å². The molecule has 2 rings (SSSR count). The summed E-state index contributed by atoms with van der Waals surface area (Å²) in [5.41, 5.74) is 4.55. The summed E-state index contributed by atoms with van der Waals surface area (Å²) in [5, 5.41) is 0. The van der Waals surface area contributed by atoms with Crippen LogP contribution in [0, 0.1) is 12.8 Å². The molecule has 0 heterocycles. The zero-order valence-corrected chi connectivity index (χ0v) is 12.6. The van der Waals surface area contributed by atoms with Crippen LogP contribution >= 0.6 is 0 Å². The van der Waals surface area contributed by atoms with Crippen LogP contribution < -0.4 is 4.90 Å². The average Bonchev–Trinajstić information content (AvgIpc) is 2.46. The summed E-state index contributed by atoms with van der Waals surface area (Å²) >= 11 is 0. The minimum atomic E-state index is 0.0109. The molecule has 0 radical (unpaired) electrons. The van der Waals surface area contributed by atoms with Gasteiger partial charge in [-0.05, 0) is 30.2 Å². The van der Waals surface area contributed by atoms with Gasteiger partial charge in [0.25, 0.3) is 0 Å². The predicted molar refractivity (Wildman–Crippen MR) is 84.9 cm³/mol. The molecule has 0 spiro atoms. The first kappa shape index (κ1) is 14.3. The number of carbonyl (C=O) groups is 1. The van der Waals surface area contributed by atoms with E-state index in [2.05, 4.69) is 43.3 Å². The molecule has 0 aromatic heterocycles. The molecular weight excluding hydrogens is 246 g/mol. The van der Waals surface area contributed by atoms with Gasteiger partial charge in [0.15, 0.2) is 0 Å². The molecule has 1 amide bonds. The monoisotopic (exact) mass is 267 g/mol. The van der Waals surface area contributed by atoms with E-state index in [0.717, 1.165) is 5.69 Å². The van der Waals surface area contributed by atoms with Crippen LogP contribution in [0.5, 0.6) is 0 Å². The summed E-state index contributed by atoms with van der Waals surface area (Å²) in [6, 6.07) is 16.6. The molecule has 0 saturated heterocycles. The highest BCUT2D eigenvalue weighted by Crippen LogP contribution is 2.23. The molecule has 0 unspecified atom stereocenters. The maximum atomic E-state index is 12.0. The van der Waals surface area contributed by atoms with E-state index in [0.29, 0.717) is 0 Å². The third-order valence-electron chi connectivity index (χ3n) is 3.46. The Balaban J connectivity index is 2.22. The second-order valence-corrected chi connectivity index (χ2v) is 5.46. The Labute approximate surface area is 121 Å². The van der Waals surface area contributed by atoms with Gasteiger partial charge in [-0.3, -0.25) is 4.79 Å². The fourth-order valence-corrected chi connectivity index (χ4v) is 2.14. The molecule has 104 valence electrons. The van der Waals surface area contributed by atoms with Crippen LogP contribution in [0.1, 0.15) is 19.4 Å². The van der Waals surface area contributed by atoms with Gasteiger partial charge in [0.1, 0.15) is 0 Å². The van der Waals surface area contributed by atoms with Crippen LogP contribution in [-0.4, -0.2) is 13.0 Å². The molecule has 0 N–H and O–H groups in total. The molecule has 0 fully saturated rings. The summed E-state index contributed by atoms with van der Waals surface area (Å²) < 4.78 is 0. The van der Waals surface area contributed by atoms with Crippen molar-refractivity contribution in [3.8, 4) is 11.1 Å². The summed E-state index contributed by atoms with van der Waals surface area (Å²) in [6.07, 6.45) is 0. The van der Waals surface area contributed by atoms with E-state index >= 15 is 0 Å². The van der Waals surface area contributed by atoms with Crippen LogP contribution in [0.3, 0.4) is 0 Å². The summed E-state index contributed by atoms with van der Waals surface area (Å²) in [5.74, 6) is 0.143. The van der Waals surface area contributed by atoms with Crippen LogP contribution in [0.4, 0.5) is 5.69 Å². The van der Waals surface area contributed by atoms with Crippen molar-refractivity contribution in [1.29, 1.82) is 0 Å².